The summed E-state index contributed by atoms with van der Waals surface area (Å²) in [6, 6.07) is 13.0. The van der Waals surface area contributed by atoms with E-state index in [2.05, 4.69) is 10.1 Å². The zero-order valence-corrected chi connectivity index (χ0v) is 17.7. The number of carbonyl (C=O) groups excluding carboxylic acids is 2. The highest BCUT2D eigenvalue weighted by atomic mass is 35.5. The number of halogens is 2. The van der Waals surface area contributed by atoms with Gasteiger partial charge >= 0.3 is 0 Å². The first kappa shape index (κ1) is 21.0. The van der Waals surface area contributed by atoms with Gasteiger partial charge in [-0.15, -0.1) is 5.10 Å². The van der Waals surface area contributed by atoms with E-state index in [1.54, 1.807) is 57.8 Å². The predicted octanol–water partition coefficient (Wildman–Crippen LogP) is 3.36. The molecule has 4 rings (SSSR count). The molecule has 1 fully saturated rings. The molecule has 1 aliphatic rings. The molecule has 1 saturated heterocycles. The van der Waals surface area contributed by atoms with Gasteiger partial charge in [-0.2, -0.15) is 0 Å². The van der Waals surface area contributed by atoms with Crippen LogP contribution < -0.4 is 0 Å². The molecule has 7 nitrogen and oxygen atoms in total. The van der Waals surface area contributed by atoms with E-state index < -0.39 is 5.82 Å². The topological polar surface area (TPSA) is 71.3 Å². The van der Waals surface area contributed by atoms with Crippen molar-refractivity contribution in [1.82, 2.24) is 24.6 Å². The summed E-state index contributed by atoms with van der Waals surface area (Å²) in [6.07, 6.45) is 0.586. The number of rotatable bonds is 3. The molecule has 0 bridgehead atoms. The molecule has 0 atom stereocenters. The molecule has 1 aromatic heterocycles. The first-order valence-corrected chi connectivity index (χ1v) is 10.3. The van der Waals surface area contributed by atoms with Crippen molar-refractivity contribution in [2.75, 3.05) is 26.2 Å². The minimum atomic E-state index is -0.544. The van der Waals surface area contributed by atoms with Crippen molar-refractivity contribution in [3.05, 3.63) is 76.6 Å². The lowest BCUT2D eigenvalue weighted by Gasteiger charge is -2.21. The van der Waals surface area contributed by atoms with Gasteiger partial charge < -0.3 is 9.80 Å². The second-order valence-electron chi connectivity index (χ2n) is 7.29. The summed E-state index contributed by atoms with van der Waals surface area (Å²) in [5.41, 5.74) is 0.798. The fourth-order valence-electron chi connectivity index (χ4n) is 3.58. The van der Waals surface area contributed by atoms with Gasteiger partial charge in [0, 0.05) is 31.2 Å². The minimum Gasteiger partial charge on any atom is -0.337 e. The maximum absolute atomic E-state index is 14.0. The predicted molar refractivity (Wildman–Crippen MR) is 114 cm³/mol. The van der Waals surface area contributed by atoms with Crippen LogP contribution in [0.5, 0.6) is 0 Å². The van der Waals surface area contributed by atoms with Crippen molar-refractivity contribution in [2.24, 2.45) is 0 Å². The molecule has 0 aliphatic carbocycles. The lowest BCUT2D eigenvalue weighted by atomic mass is 10.2. The van der Waals surface area contributed by atoms with Crippen molar-refractivity contribution in [3.63, 3.8) is 0 Å². The van der Waals surface area contributed by atoms with Crippen LogP contribution in [0.4, 0.5) is 4.39 Å². The van der Waals surface area contributed by atoms with E-state index in [9.17, 15) is 14.0 Å². The third-order valence-electron chi connectivity index (χ3n) is 5.21. The van der Waals surface area contributed by atoms with Crippen LogP contribution in [-0.2, 0) is 0 Å². The van der Waals surface area contributed by atoms with E-state index in [0.717, 1.165) is 5.69 Å². The van der Waals surface area contributed by atoms with Crippen LogP contribution in [0, 0.1) is 12.7 Å². The van der Waals surface area contributed by atoms with Crippen LogP contribution >= 0.6 is 11.6 Å². The van der Waals surface area contributed by atoms with Gasteiger partial charge in [0.15, 0.2) is 0 Å². The Morgan fingerprint density at radius 3 is 2.26 bits per heavy atom. The number of hydrogen-bond donors (Lipinski definition) is 0. The standard InChI is InChI=1S/C22H21ClFN5O2/c1-15-25-20(26-29(15)17-9-7-16(23)8-10-17)22(31)28-12-4-11-27(13-14-28)21(30)18-5-2-3-6-19(18)24/h2-3,5-10H,4,11-14H2,1H3. The molecule has 160 valence electrons. The van der Waals surface area contributed by atoms with E-state index >= 15 is 0 Å². The smallest absolute Gasteiger partial charge is 0.293 e. The van der Waals surface area contributed by atoms with Crippen molar-refractivity contribution >= 4 is 23.4 Å². The van der Waals surface area contributed by atoms with Crippen LogP contribution in [0.25, 0.3) is 5.69 Å². The molecular formula is C22H21ClFN5O2. The van der Waals surface area contributed by atoms with Gasteiger partial charge in [-0.25, -0.2) is 14.1 Å². The average Bonchev–Trinajstić information content (AvgIpc) is 2.99. The maximum atomic E-state index is 14.0. The van der Waals surface area contributed by atoms with Crippen LogP contribution in [0.3, 0.4) is 0 Å². The number of nitrogens with zero attached hydrogens (tertiary/aromatic N) is 5. The number of amides is 2. The van der Waals surface area contributed by atoms with Crippen LogP contribution in [0.15, 0.2) is 48.5 Å². The second kappa shape index (κ2) is 8.85. The molecule has 0 radical (unpaired) electrons. The first-order valence-electron chi connectivity index (χ1n) is 9.97. The van der Waals surface area contributed by atoms with E-state index in [4.69, 9.17) is 11.6 Å². The molecule has 2 amide bonds. The molecule has 9 heteroatoms. The maximum Gasteiger partial charge on any atom is 0.293 e. The Morgan fingerprint density at radius 1 is 0.935 bits per heavy atom. The lowest BCUT2D eigenvalue weighted by Crippen LogP contribution is -2.38. The largest absolute Gasteiger partial charge is 0.337 e. The fraction of sp³-hybridized carbons (Fsp3) is 0.273. The number of aromatic nitrogens is 3. The summed E-state index contributed by atoms with van der Waals surface area (Å²) in [5, 5.41) is 4.98. The molecule has 0 N–H and O–H groups in total. The zero-order chi connectivity index (χ0) is 22.0. The van der Waals surface area contributed by atoms with Crippen LogP contribution in [0.1, 0.15) is 33.2 Å². The Hall–Kier alpha value is -3.26. The molecular weight excluding hydrogens is 421 g/mol. The number of carbonyl (C=O) groups is 2. The molecule has 0 saturated carbocycles. The van der Waals surface area contributed by atoms with Crippen LogP contribution in [-0.4, -0.2) is 62.6 Å². The fourth-order valence-corrected chi connectivity index (χ4v) is 3.70. The van der Waals surface area contributed by atoms with Gasteiger partial charge in [0.05, 0.1) is 11.3 Å². The Kier molecular flexibility index (Phi) is 5.99. The Balaban J connectivity index is 1.47. The van der Waals surface area contributed by atoms with Crippen LogP contribution in [0.2, 0.25) is 5.02 Å². The SMILES string of the molecule is Cc1nc(C(=O)N2CCCN(C(=O)c3ccccc3F)CC2)nn1-c1ccc(Cl)cc1. The Bertz CT molecular complexity index is 1120. The molecule has 1 aliphatic heterocycles. The van der Waals surface area contributed by atoms with Gasteiger partial charge in [-0.3, -0.25) is 9.59 Å². The highest BCUT2D eigenvalue weighted by molar-refractivity contribution is 6.30. The minimum absolute atomic E-state index is 0.0428. The molecule has 2 aromatic carbocycles. The van der Waals surface area contributed by atoms with Gasteiger partial charge in [0.1, 0.15) is 11.6 Å². The third kappa shape index (κ3) is 4.44. The number of benzene rings is 2. The van der Waals surface area contributed by atoms with Gasteiger partial charge in [-0.1, -0.05) is 23.7 Å². The highest BCUT2D eigenvalue weighted by Gasteiger charge is 2.27. The molecule has 3 aromatic rings. The Labute approximate surface area is 184 Å². The molecule has 2 heterocycles. The van der Waals surface area contributed by atoms with Gasteiger partial charge in [0.2, 0.25) is 5.82 Å². The zero-order valence-electron chi connectivity index (χ0n) is 17.0. The third-order valence-corrected chi connectivity index (χ3v) is 5.46. The van der Waals surface area contributed by atoms with Crippen molar-refractivity contribution < 1.29 is 14.0 Å². The normalized spacial score (nSPS) is 14.4. The van der Waals surface area contributed by atoms with E-state index in [1.807, 2.05) is 0 Å². The summed E-state index contributed by atoms with van der Waals surface area (Å²) < 4.78 is 15.6. The first-order chi connectivity index (χ1) is 14.9. The van der Waals surface area contributed by atoms with Crippen molar-refractivity contribution in [2.45, 2.75) is 13.3 Å². The van der Waals surface area contributed by atoms with Gasteiger partial charge in [0.25, 0.3) is 11.8 Å². The summed E-state index contributed by atoms with van der Waals surface area (Å²) in [7, 11) is 0. The summed E-state index contributed by atoms with van der Waals surface area (Å²) >= 11 is 5.94. The lowest BCUT2D eigenvalue weighted by molar-refractivity contribution is 0.0710. The van der Waals surface area contributed by atoms with Crippen molar-refractivity contribution in [1.29, 1.82) is 0 Å². The van der Waals surface area contributed by atoms with E-state index in [0.29, 0.717) is 43.4 Å². The number of hydrogen-bond acceptors (Lipinski definition) is 4. The monoisotopic (exact) mass is 441 g/mol. The summed E-state index contributed by atoms with van der Waals surface area (Å²) in [5.74, 6) is -0.528. The highest BCUT2D eigenvalue weighted by Crippen LogP contribution is 2.16. The molecule has 31 heavy (non-hydrogen) atoms. The molecule has 0 spiro atoms. The average molecular weight is 442 g/mol. The summed E-state index contributed by atoms with van der Waals surface area (Å²) in [4.78, 5) is 33.2. The van der Waals surface area contributed by atoms with E-state index in [1.165, 1.54) is 12.1 Å². The molecule has 0 unspecified atom stereocenters. The summed E-state index contributed by atoms with van der Waals surface area (Å²) in [6.45, 7) is 3.33. The van der Waals surface area contributed by atoms with E-state index in [-0.39, 0.29) is 23.2 Å². The quantitative estimate of drug-likeness (QED) is 0.625. The van der Waals surface area contributed by atoms with Gasteiger partial charge in [-0.05, 0) is 49.7 Å². The Morgan fingerprint density at radius 2 is 1.58 bits per heavy atom. The van der Waals surface area contributed by atoms with Crippen molar-refractivity contribution in [3.8, 4) is 5.69 Å². The second-order valence-corrected chi connectivity index (χ2v) is 7.73. The number of aryl methyl sites for hydroxylation is 1.